The quantitative estimate of drug-likeness (QED) is 0.573. The molecule has 7 heteroatoms. The number of rotatable bonds is 8. The predicted octanol–water partition coefficient (Wildman–Crippen LogP) is 4.15. The number of furan rings is 1. The van der Waals surface area contributed by atoms with Crippen molar-refractivity contribution >= 4 is 23.2 Å². The van der Waals surface area contributed by atoms with Gasteiger partial charge in [0.2, 0.25) is 0 Å². The first-order valence-electron chi connectivity index (χ1n) is 10.3. The van der Waals surface area contributed by atoms with Crippen molar-refractivity contribution in [2.75, 3.05) is 30.3 Å². The maximum atomic E-state index is 12.3. The van der Waals surface area contributed by atoms with Crippen LogP contribution in [0.3, 0.4) is 0 Å². The molecule has 0 spiro atoms. The van der Waals surface area contributed by atoms with E-state index in [2.05, 4.69) is 21.6 Å². The summed E-state index contributed by atoms with van der Waals surface area (Å²) in [5.74, 6) is 0.102. The van der Waals surface area contributed by atoms with Crippen LogP contribution >= 0.6 is 0 Å². The van der Waals surface area contributed by atoms with Crippen LogP contribution in [0.15, 0.2) is 71.3 Å². The molecule has 1 aliphatic heterocycles. The summed E-state index contributed by atoms with van der Waals surface area (Å²) in [7, 11) is 0. The SMILES string of the molecule is O=C(COc1cccc(NC(=O)c2ccco2)c1)Nc1cccc(CN2CCCC2)c1. The summed E-state index contributed by atoms with van der Waals surface area (Å²) in [6, 6.07) is 18.0. The summed E-state index contributed by atoms with van der Waals surface area (Å²) in [5, 5.41) is 5.61. The van der Waals surface area contributed by atoms with Gasteiger partial charge in [-0.05, 0) is 67.9 Å². The number of nitrogens with zero attached hydrogens (tertiary/aromatic N) is 1. The van der Waals surface area contributed by atoms with Gasteiger partial charge in [-0.25, -0.2) is 0 Å². The molecule has 1 aromatic heterocycles. The van der Waals surface area contributed by atoms with E-state index in [0.717, 1.165) is 25.3 Å². The van der Waals surface area contributed by atoms with Crippen molar-refractivity contribution in [2.24, 2.45) is 0 Å². The van der Waals surface area contributed by atoms with Crippen LogP contribution in [-0.2, 0) is 11.3 Å². The van der Waals surface area contributed by atoms with Crippen molar-refractivity contribution < 1.29 is 18.7 Å². The molecule has 2 aromatic carbocycles. The fraction of sp³-hybridized carbons (Fsp3) is 0.250. The first-order valence-corrected chi connectivity index (χ1v) is 10.3. The second kappa shape index (κ2) is 9.95. The number of anilines is 2. The van der Waals surface area contributed by atoms with E-state index in [0.29, 0.717) is 11.4 Å². The van der Waals surface area contributed by atoms with Gasteiger partial charge in [0.25, 0.3) is 11.8 Å². The molecule has 1 aliphatic rings. The van der Waals surface area contributed by atoms with Crippen LogP contribution < -0.4 is 15.4 Å². The standard InChI is InChI=1S/C24H25N3O4/c28-23(25-19-7-3-6-18(14-19)16-27-11-1-2-12-27)17-31-21-9-4-8-20(15-21)26-24(29)22-10-5-13-30-22/h3-10,13-15H,1-2,11-12,16-17H2,(H,25,28)(H,26,29). The Labute approximate surface area is 181 Å². The first-order chi connectivity index (χ1) is 15.2. The molecule has 0 saturated carbocycles. The van der Waals surface area contributed by atoms with Crippen molar-refractivity contribution in [1.29, 1.82) is 0 Å². The highest BCUT2D eigenvalue weighted by Crippen LogP contribution is 2.19. The lowest BCUT2D eigenvalue weighted by molar-refractivity contribution is -0.118. The van der Waals surface area contributed by atoms with Gasteiger partial charge in [-0.2, -0.15) is 0 Å². The average Bonchev–Trinajstić information content (AvgIpc) is 3.47. The number of carbonyl (C=O) groups excluding carboxylic acids is 2. The number of benzene rings is 2. The van der Waals surface area contributed by atoms with Crippen LogP contribution in [0.2, 0.25) is 0 Å². The Balaban J connectivity index is 1.28. The minimum Gasteiger partial charge on any atom is -0.484 e. The van der Waals surface area contributed by atoms with Crippen molar-refractivity contribution in [2.45, 2.75) is 19.4 Å². The summed E-state index contributed by atoms with van der Waals surface area (Å²) < 4.78 is 10.7. The molecular formula is C24H25N3O4. The lowest BCUT2D eigenvalue weighted by Gasteiger charge is -2.15. The second-order valence-electron chi connectivity index (χ2n) is 7.48. The van der Waals surface area contributed by atoms with Gasteiger partial charge in [0, 0.05) is 24.0 Å². The van der Waals surface area contributed by atoms with Gasteiger partial charge in [-0.3, -0.25) is 14.5 Å². The van der Waals surface area contributed by atoms with Gasteiger partial charge in [0.15, 0.2) is 12.4 Å². The number of ether oxygens (including phenoxy) is 1. The van der Waals surface area contributed by atoms with E-state index < -0.39 is 0 Å². The number of amides is 2. The van der Waals surface area contributed by atoms with Crippen molar-refractivity contribution in [3.63, 3.8) is 0 Å². The third kappa shape index (κ3) is 5.96. The van der Waals surface area contributed by atoms with Crippen LogP contribution in [0, 0.1) is 0 Å². The lowest BCUT2D eigenvalue weighted by atomic mass is 10.2. The maximum Gasteiger partial charge on any atom is 0.291 e. The molecule has 31 heavy (non-hydrogen) atoms. The summed E-state index contributed by atoms with van der Waals surface area (Å²) in [5.41, 5.74) is 2.49. The van der Waals surface area contributed by atoms with E-state index in [1.807, 2.05) is 18.2 Å². The molecule has 0 aliphatic carbocycles. The van der Waals surface area contributed by atoms with E-state index in [-0.39, 0.29) is 24.2 Å². The average molecular weight is 419 g/mol. The van der Waals surface area contributed by atoms with Crippen molar-refractivity contribution in [3.8, 4) is 5.75 Å². The summed E-state index contributed by atoms with van der Waals surface area (Å²) in [6.45, 7) is 3.03. The highest BCUT2D eigenvalue weighted by atomic mass is 16.5. The fourth-order valence-electron chi connectivity index (χ4n) is 3.56. The summed E-state index contributed by atoms with van der Waals surface area (Å²) in [6.07, 6.45) is 3.94. The van der Waals surface area contributed by atoms with Gasteiger partial charge >= 0.3 is 0 Å². The van der Waals surface area contributed by atoms with Crippen LogP contribution in [0.5, 0.6) is 5.75 Å². The van der Waals surface area contributed by atoms with Crippen molar-refractivity contribution in [3.05, 3.63) is 78.3 Å². The molecule has 0 atom stereocenters. The molecule has 160 valence electrons. The zero-order valence-electron chi connectivity index (χ0n) is 17.2. The Bertz CT molecular complexity index is 1030. The van der Waals surface area contributed by atoms with Gasteiger partial charge in [-0.1, -0.05) is 18.2 Å². The van der Waals surface area contributed by atoms with Gasteiger partial charge < -0.3 is 19.8 Å². The highest BCUT2D eigenvalue weighted by molar-refractivity contribution is 6.02. The van der Waals surface area contributed by atoms with E-state index in [4.69, 9.17) is 9.15 Å². The lowest BCUT2D eigenvalue weighted by Crippen LogP contribution is -2.21. The second-order valence-corrected chi connectivity index (χ2v) is 7.48. The Morgan fingerprint density at radius 2 is 1.71 bits per heavy atom. The molecule has 7 nitrogen and oxygen atoms in total. The third-order valence-electron chi connectivity index (χ3n) is 5.02. The molecular weight excluding hydrogens is 394 g/mol. The topological polar surface area (TPSA) is 83.8 Å². The third-order valence-corrected chi connectivity index (χ3v) is 5.02. The first kappa shape index (κ1) is 20.7. The summed E-state index contributed by atoms with van der Waals surface area (Å²) in [4.78, 5) is 26.8. The number of hydrogen-bond acceptors (Lipinski definition) is 5. The molecule has 0 unspecified atom stereocenters. The van der Waals surface area contributed by atoms with E-state index in [1.54, 1.807) is 36.4 Å². The molecule has 4 rings (SSSR count). The molecule has 0 bridgehead atoms. The molecule has 3 aromatic rings. The zero-order chi connectivity index (χ0) is 21.5. The number of carbonyl (C=O) groups is 2. The normalized spacial score (nSPS) is 13.7. The molecule has 2 amide bonds. The number of hydrogen-bond donors (Lipinski definition) is 2. The van der Waals surface area contributed by atoms with E-state index >= 15 is 0 Å². The van der Waals surface area contributed by atoms with Crippen LogP contribution in [0.4, 0.5) is 11.4 Å². The monoisotopic (exact) mass is 419 g/mol. The van der Waals surface area contributed by atoms with E-state index in [9.17, 15) is 9.59 Å². The maximum absolute atomic E-state index is 12.3. The Kier molecular flexibility index (Phi) is 6.64. The molecule has 1 saturated heterocycles. The summed E-state index contributed by atoms with van der Waals surface area (Å²) >= 11 is 0. The minimum absolute atomic E-state index is 0.133. The molecule has 2 heterocycles. The van der Waals surface area contributed by atoms with Crippen LogP contribution in [0.25, 0.3) is 0 Å². The number of nitrogens with one attached hydrogen (secondary N) is 2. The largest absolute Gasteiger partial charge is 0.484 e. The van der Waals surface area contributed by atoms with Gasteiger partial charge in [-0.15, -0.1) is 0 Å². The molecule has 1 fully saturated rings. The number of likely N-dealkylation sites (tertiary alicyclic amines) is 1. The molecule has 2 N–H and O–H groups in total. The Morgan fingerprint density at radius 1 is 0.935 bits per heavy atom. The van der Waals surface area contributed by atoms with Crippen molar-refractivity contribution in [1.82, 2.24) is 4.90 Å². The van der Waals surface area contributed by atoms with Crippen LogP contribution in [0.1, 0.15) is 29.0 Å². The highest BCUT2D eigenvalue weighted by Gasteiger charge is 2.13. The van der Waals surface area contributed by atoms with E-state index in [1.165, 1.54) is 24.7 Å². The van der Waals surface area contributed by atoms with Gasteiger partial charge in [0.05, 0.1) is 6.26 Å². The minimum atomic E-state index is -0.353. The Morgan fingerprint density at radius 3 is 2.48 bits per heavy atom. The van der Waals surface area contributed by atoms with Gasteiger partial charge in [0.1, 0.15) is 5.75 Å². The predicted molar refractivity (Wildman–Crippen MR) is 118 cm³/mol. The Hall–Kier alpha value is -3.58. The molecule has 0 radical (unpaired) electrons. The fourth-order valence-corrected chi connectivity index (χ4v) is 3.56. The van der Waals surface area contributed by atoms with Crippen LogP contribution in [-0.4, -0.2) is 36.4 Å². The smallest absolute Gasteiger partial charge is 0.291 e. The zero-order valence-corrected chi connectivity index (χ0v) is 17.2.